The van der Waals surface area contributed by atoms with Gasteiger partial charge in [0.15, 0.2) is 0 Å². The zero-order valence-electron chi connectivity index (χ0n) is 29.8. The van der Waals surface area contributed by atoms with Gasteiger partial charge in [-0.25, -0.2) is 0 Å². The summed E-state index contributed by atoms with van der Waals surface area (Å²) in [4.78, 5) is 2.46. The molecular formula is C51H37NS2. The highest BCUT2D eigenvalue weighted by Crippen LogP contribution is 2.73. The fourth-order valence-corrected chi connectivity index (χ4v) is 14.4. The van der Waals surface area contributed by atoms with Crippen molar-refractivity contribution in [2.24, 2.45) is 23.7 Å². The number of thiophene rings is 2. The van der Waals surface area contributed by atoms with Crippen molar-refractivity contribution in [1.82, 2.24) is 0 Å². The van der Waals surface area contributed by atoms with Gasteiger partial charge in [0.1, 0.15) is 0 Å². The molecule has 3 heteroatoms. The molecule has 9 aromatic rings. The first-order valence-electron chi connectivity index (χ1n) is 19.7. The average molecular weight is 728 g/mol. The monoisotopic (exact) mass is 727 g/mol. The first-order chi connectivity index (χ1) is 26.7. The molecule has 0 radical (unpaired) electrons. The fourth-order valence-electron chi connectivity index (χ4n) is 12.1. The minimum absolute atomic E-state index is 0.201. The van der Waals surface area contributed by atoms with Gasteiger partial charge < -0.3 is 4.90 Å². The number of hydrogen-bond donors (Lipinski definition) is 0. The molecule has 1 spiro atoms. The molecule has 5 aliphatic rings. The van der Waals surface area contributed by atoms with E-state index in [0.29, 0.717) is 0 Å². The van der Waals surface area contributed by atoms with Crippen molar-refractivity contribution in [3.63, 3.8) is 0 Å². The molecule has 14 rings (SSSR count). The SMILES string of the molecule is c1ccc2c(c1)-c1ccc(-c3ccc(N(c4ccc5c(c4)sc4ccccc45)c4ccc5c(c4)sc4ccccc45)cc3)cc1C21C2CC3CC(C2)C1C3. The van der Waals surface area contributed by atoms with Crippen LogP contribution >= 0.6 is 22.7 Å². The summed E-state index contributed by atoms with van der Waals surface area (Å²) in [5.41, 5.74) is 12.6. The summed E-state index contributed by atoms with van der Waals surface area (Å²) in [6, 6.07) is 57.9. The lowest BCUT2D eigenvalue weighted by atomic mass is 9.59. The molecule has 54 heavy (non-hydrogen) atoms. The Morgan fingerprint density at radius 2 is 1.04 bits per heavy atom. The largest absolute Gasteiger partial charge is 0.310 e. The lowest BCUT2D eigenvalue weighted by Crippen LogP contribution is -2.40. The quantitative estimate of drug-likeness (QED) is 0.174. The van der Waals surface area contributed by atoms with Gasteiger partial charge in [0, 0.05) is 62.8 Å². The van der Waals surface area contributed by atoms with Gasteiger partial charge in [0.25, 0.3) is 0 Å². The summed E-state index contributed by atoms with van der Waals surface area (Å²) < 4.78 is 5.32. The van der Waals surface area contributed by atoms with E-state index in [0.717, 1.165) is 23.7 Å². The highest BCUT2D eigenvalue weighted by molar-refractivity contribution is 7.26. The second-order valence-corrected chi connectivity index (χ2v) is 18.7. The van der Waals surface area contributed by atoms with Crippen LogP contribution in [0.15, 0.2) is 152 Å². The number of rotatable bonds is 4. The van der Waals surface area contributed by atoms with Gasteiger partial charge in [-0.1, -0.05) is 97.1 Å². The highest BCUT2D eigenvalue weighted by atomic mass is 32.1. The molecule has 0 amide bonds. The van der Waals surface area contributed by atoms with Crippen LogP contribution in [-0.2, 0) is 5.41 Å². The first-order valence-corrected chi connectivity index (χ1v) is 21.3. The smallest absolute Gasteiger partial charge is 0.0476 e. The van der Waals surface area contributed by atoms with Crippen molar-refractivity contribution in [1.29, 1.82) is 0 Å². The lowest BCUT2D eigenvalue weighted by molar-refractivity contribution is 0.191. The normalized spacial score (nSPS) is 23.3. The van der Waals surface area contributed by atoms with E-state index in [2.05, 4.69) is 157 Å². The van der Waals surface area contributed by atoms with E-state index in [4.69, 9.17) is 0 Å². The van der Waals surface area contributed by atoms with Gasteiger partial charge in [-0.15, -0.1) is 22.7 Å². The van der Waals surface area contributed by atoms with Crippen LogP contribution in [0.4, 0.5) is 17.1 Å². The Labute approximate surface area is 323 Å². The van der Waals surface area contributed by atoms with E-state index in [1.165, 1.54) is 105 Å². The summed E-state index contributed by atoms with van der Waals surface area (Å²) in [6.45, 7) is 0. The van der Waals surface area contributed by atoms with E-state index in [-0.39, 0.29) is 5.41 Å². The van der Waals surface area contributed by atoms with E-state index >= 15 is 0 Å². The summed E-state index contributed by atoms with van der Waals surface area (Å²) in [5.74, 6) is 3.44. The number of benzene rings is 7. The predicted octanol–water partition coefficient (Wildman–Crippen LogP) is 14.9. The fraction of sp³-hybridized carbons (Fsp3) is 0.176. The Kier molecular flexibility index (Phi) is 6.10. The van der Waals surface area contributed by atoms with Gasteiger partial charge in [0.2, 0.25) is 0 Å². The van der Waals surface area contributed by atoms with E-state index in [9.17, 15) is 0 Å². The standard InChI is InChI=1S/C51H37NS2/c1-4-10-44-38(7-1)39-20-15-32(27-46(39)51(44)34-24-30-23-33(26-34)45(51)25-30)31-13-16-35(17-14-31)52(36-18-21-42-40-8-2-5-11-47(40)53-49(42)28-36)37-19-22-43-41-9-3-6-12-48(41)54-50(43)29-37/h1-22,27-30,33-34,45H,23-26H2. The number of fused-ring (bicyclic) bond motifs is 9. The van der Waals surface area contributed by atoms with Crippen molar-refractivity contribution in [3.8, 4) is 22.3 Å². The number of anilines is 3. The molecule has 0 aliphatic heterocycles. The Morgan fingerprint density at radius 3 is 1.74 bits per heavy atom. The van der Waals surface area contributed by atoms with E-state index in [1.807, 2.05) is 22.7 Å². The summed E-state index contributed by atoms with van der Waals surface area (Å²) in [6.07, 6.45) is 5.72. The maximum atomic E-state index is 2.61. The van der Waals surface area contributed by atoms with Crippen LogP contribution in [0.25, 0.3) is 62.6 Å². The molecule has 4 saturated carbocycles. The third-order valence-corrected chi connectivity index (χ3v) is 16.3. The topological polar surface area (TPSA) is 3.24 Å². The first kappa shape index (κ1) is 30.1. The molecule has 0 N–H and O–H groups in total. The molecule has 258 valence electrons. The second-order valence-electron chi connectivity index (χ2n) is 16.5. The summed E-state index contributed by atoms with van der Waals surface area (Å²) >= 11 is 3.77. The van der Waals surface area contributed by atoms with Crippen LogP contribution in [0.3, 0.4) is 0 Å². The third-order valence-electron chi connectivity index (χ3n) is 14.1. The molecule has 7 aromatic carbocycles. The van der Waals surface area contributed by atoms with Crippen LogP contribution in [-0.4, -0.2) is 0 Å². The van der Waals surface area contributed by atoms with Crippen LogP contribution in [0.2, 0.25) is 0 Å². The molecule has 2 heterocycles. The lowest BCUT2D eigenvalue weighted by Gasteiger charge is -2.44. The number of hydrogen-bond acceptors (Lipinski definition) is 3. The van der Waals surface area contributed by atoms with Crippen molar-refractivity contribution in [3.05, 3.63) is 163 Å². The molecule has 4 bridgehead atoms. The molecule has 0 saturated heterocycles. The predicted molar refractivity (Wildman–Crippen MR) is 231 cm³/mol. The Morgan fingerprint density at radius 1 is 0.444 bits per heavy atom. The van der Waals surface area contributed by atoms with Crippen molar-refractivity contribution >= 4 is 80.1 Å². The summed E-state index contributed by atoms with van der Waals surface area (Å²) in [5, 5.41) is 5.33. The molecule has 5 atom stereocenters. The van der Waals surface area contributed by atoms with Gasteiger partial charge in [0.05, 0.1) is 0 Å². The zero-order chi connectivity index (χ0) is 35.1. The second kappa shape index (κ2) is 10.9. The summed E-state index contributed by atoms with van der Waals surface area (Å²) in [7, 11) is 0. The molecule has 1 nitrogen and oxygen atoms in total. The van der Waals surface area contributed by atoms with E-state index < -0.39 is 0 Å². The molecule has 4 fully saturated rings. The van der Waals surface area contributed by atoms with Crippen molar-refractivity contribution in [2.45, 2.75) is 31.1 Å². The maximum absolute atomic E-state index is 2.61. The van der Waals surface area contributed by atoms with Gasteiger partial charge >= 0.3 is 0 Å². The van der Waals surface area contributed by atoms with Gasteiger partial charge in [-0.3, -0.25) is 0 Å². The van der Waals surface area contributed by atoms with Crippen LogP contribution in [0.5, 0.6) is 0 Å². The minimum Gasteiger partial charge on any atom is -0.310 e. The van der Waals surface area contributed by atoms with Gasteiger partial charge in [-0.05, 0) is 137 Å². The van der Waals surface area contributed by atoms with Crippen LogP contribution in [0, 0.1) is 23.7 Å². The van der Waals surface area contributed by atoms with Crippen molar-refractivity contribution < 1.29 is 0 Å². The van der Waals surface area contributed by atoms with Crippen LogP contribution in [0.1, 0.15) is 36.8 Å². The molecular weight excluding hydrogens is 691 g/mol. The molecule has 5 unspecified atom stereocenters. The minimum atomic E-state index is 0.201. The van der Waals surface area contributed by atoms with Gasteiger partial charge in [-0.2, -0.15) is 0 Å². The molecule has 2 aromatic heterocycles. The van der Waals surface area contributed by atoms with Crippen molar-refractivity contribution in [2.75, 3.05) is 4.90 Å². The average Bonchev–Trinajstić information content (AvgIpc) is 3.98. The number of nitrogens with zero attached hydrogens (tertiary/aromatic N) is 1. The Hall–Kier alpha value is -5.22. The highest BCUT2D eigenvalue weighted by Gasteiger charge is 2.65. The zero-order valence-corrected chi connectivity index (χ0v) is 31.5. The van der Waals surface area contributed by atoms with E-state index in [1.54, 1.807) is 11.1 Å². The van der Waals surface area contributed by atoms with Crippen LogP contribution < -0.4 is 4.90 Å². The molecule has 5 aliphatic carbocycles. The Bertz CT molecular complexity index is 2880. The Balaban J connectivity index is 0.939. The third kappa shape index (κ3) is 3.99. The maximum Gasteiger partial charge on any atom is 0.0476 e.